The Morgan fingerprint density at radius 2 is 2.22 bits per heavy atom. The van der Waals surface area contributed by atoms with Crippen molar-refractivity contribution >= 4 is 11.8 Å². The second kappa shape index (κ2) is 4.80. The molecule has 0 radical (unpaired) electrons. The van der Waals surface area contributed by atoms with Crippen LogP contribution in [0.5, 0.6) is 0 Å². The first-order valence-corrected chi connectivity index (χ1v) is 6.11. The Hall–Kier alpha value is -1.85. The van der Waals surface area contributed by atoms with Gasteiger partial charge >= 0.3 is 0 Å². The minimum Gasteiger partial charge on any atom is -0.343 e. The van der Waals surface area contributed by atoms with Crippen LogP contribution >= 0.6 is 0 Å². The number of aryl methyl sites for hydroxylation is 2. The molecule has 2 amide bonds. The molecule has 0 bridgehead atoms. The largest absolute Gasteiger partial charge is 0.343 e. The number of carbonyl (C=O) groups excluding carboxylic acids is 2. The minimum absolute atomic E-state index is 0.0474. The van der Waals surface area contributed by atoms with Crippen molar-refractivity contribution in [1.29, 1.82) is 0 Å². The Bertz CT molecular complexity index is 480. The van der Waals surface area contributed by atoms with E-state index in [9.17, 15) is 9.59 Å². The molecule has 1 saturated heterocycles. The lowest BCUT2D eigenvalue weighted by Crippen LogP contribution is -2.56. The van der Waals surface area contributed by atoms with E-state index in [1.165, 1.54) is 0 Å². The molecule has 1 fully saturated rings. The number of hydrogen-bond donors (Lipinski definition) is 1. The van der Waals surface area contributed by atoms with E-state index in [-0.39, 0.29) is 18.4 Å². The molecule has 1 N–H and O–H groups in total. The van der Waals surface area contributed by atoms with E-state index in [0.717, 1.165) is 17.8 Å². The fourth-order valence-electron chi connectivity index (χ4n) is 2.10. The van der Waals surface area contributed by atoms with Crippen LogP contribution in [0.15, 0.2) is 6.07 Å². The Morgan fingerprint density at radius 3 is 2.83 bits per heavy atom. The van der Waals surface area contributed by atoms with Crippen LogP contribution in [0, 0.1) is 0 Å². The molecule has 1 aliphatic rings. The van der Waals surface area contributed by atoms with Crippen molar-refractivity contribution < 1.29 is 9.59 Å². The van der Waals surface area contributed by atoms with Gasteiger partial charge < -0.3 is 10.2 Å². The van der Waals surface area contributed by atoms with E-state index in [1.54, 1.807) is 16.5 Å². The van der Waals surface area contributed by atoms with Gasteiger partial charge in [-0.1, -0.05) is 6.92 Å². The van der Waals surface area contributed by atoms with Crippen LogP contribution in [0.25, 0.3) is 0 Å². The topological polar surface area (TPSA) is 67.2 Å². The summed E-state index contributed by atoms with van der Waals surface area (Å²) < 4.78 is 1.77. The average molecular weight is 250 g/mol. The summed E-state index contributed by atoms with van der Waals surface area (Å²) in [7, 11) is 1.85. The third kappa shape index (κ3) is 2.37. The maximum atomic E-state index is 11.9. The second-order valence-electron chi connectivity index (χ2n) is 4.59. The summed E-state index contributed by atoms with van der Waals surface area (Å²) in [6, 6.07) is 1.54. The van der Waals surface area contributed by atoms with E-state index in [2.05, 4.69) is 10.4 Å². The standard InChI is InChI=1S/C12H18N4O2/c1-4-9-5-10(15(3)14-9)6-16-7-11(17)13-8(2)12(16)18/h5,8H,4,6-7H2,1-3H3,(H,13,17). The summed E-state index contributed by atoms with van der Waals surface area (Å²) >= 11 is 0. The summed E-state index contributed by atoms with van der Waals surface area (Å²) in [4.78, 5) is 25.0. The van der Waals surface area contributed by atoms with E-state index >= 15 is 0 Å². The lowest BCUT2D eigenvalue weighted by molar-refractivity contribution is -0.144. The zero-order valence-corrected chi connectivity index (χ0v) is 10.9. The van der Waals surface area contributed by atoms with Crippen LogP contribution in [0.1, 0.15) is 25.2 Å². The predicted molar refractivity (Wildman–Crippen MR) is 65.6 cm³/mol. The average Bonchev–Trinajstić information content (AvgIpc) is 2.66. The van der Waals surface area contributed by atoms with Gasteiger partial charge in [0.2, 0.25) is 11.8 Å². The van der Waals surface area contributed by atoms with Gasteiger partial charge in [-0.15, -0.1) is 0 Å². The highest BCUT2D eigenvalue weighted by molar-refractivity contribution is 5.94. The quantitative estimate of drug-likeness (QED) is 0.810. The van der Waals surface area contributed by atoms with Crippen molar-refractivity contribution in [2.24, 2.45) is 7.05 Å². The molecule has 1 aromatic heterocycles. The molecule has 1 atom stereocenters. The first-order chi connectivity index (χ1) is 8.51. The van der Waals surface area contributed by atoms with Crippen molar-refractivity contribution in [2.75, 3.05) is 6.54 Å². The Morgan fingerprint density at radius 1 is 1.50 bits per heavy atom. The molecule has 0 aromatic carbocycles. The van der Waals surface area contributed by atoms with Crippen LogP contribution in [0.2, 0.25) is 0 Å². The molecule has 6 nitrogen and oxygen atoms in total. The summed E-state index contributed by atoms with van der Waals surface area (Å²) in [6.45, 7) is 4.29. The number of nitrogens with one attached hydrogen (secondary N) is 1. The summed E-state index contributed by atoms with van der Waals surface area (Å²) in [5.41, 5.74) is 1.94. The molecule has 0 spiro atoms. The molecule has 1 unspecified atom stereocenters. The molecule has 6 heteroatoms. The van der Waals surface area contributed by atoms with E-state index in [1.807, 2.05) is 20.0 Å². The molecule has 98 valence electrons. The fraction of sp³-hybridized carbons (Fsp3) is 0.583. The molecule has 18 heavy (non-hydrogen) atoms. The van der Waals surface area contributed by atoms with Gasteiger partial charge in [-0.2, -0.15) is 5.10 Å². The molecule has 1 aliphatic heterocycles. The highest BCUT2D eigenvalue weighted by Gasteiger charge is 2.29. The lowest BCUT2D eigenvalue weighted by atomic mass is 10.2. The number of rotatable bonds is 3. The summed E-state index contributed by atoms with van der Waals surface area (Å²) in [5, 5.41) is 6.96. The van der Waals surface area contributed by atoms with Gasteiger partial charge in [0.05, 0.1) is 17.9 Å². The molecular weight excluding hydrogens is 232 g/mol. The maximum Gasteiger partial charge on any atom is 0.245 e. The molecule has 0 saturated carbocycles. The predicted octanol–water partition coefficient (Wildman–Crippen LogP) is -0.171. The maximum absolute atomic E-state index is 11.9. The van der Waals surface area contributed by atoms with Crippen LogP contribution in [-0.2, 0) is 29.6 Å². The van der Waals surface area contributed by atoms with Crippen molar-refractivity contribution in [3.05, 3.63) is 17.5 Å². The van der Waals surface area contributed by atoms with Gasteiger partial charge in [0.15, 0.2) is 0 Å². The molecular formula is C12H18N4O2. The van der Waals surface area contributed by atoms with Crippen molar-refractivity contribution in [3.8, 4) is 0 Å². The highest BCUT2D eigenvalue weighted by atomic mass is 16.2. The van der Waals surface area contributed by atoms with Gasteiger partial charge in [-0.05, 0) is 19.4 Å². The summed E-state index contributed by atoms with van der Waals surface area (Å²) in [5.74, 6) is -0.158. The Balaban J connectivity index is 2.14. The van der Waals surface area contributed by atoms with Gasteiger partial charge in [0.1, 0.15) is 12.6 Å². The molecule has 1 aromatic rings. The van der Waals surface area contributed by atoms with Crippen molar-refractivity contribution in [2.45, 2.75) is 32.9 Å². The number of carbonyl (C=O) groups is 2. The molecule has 2 rings (SSSR count). The van der Waals surface area contributed by atoms with E-state index in [0.29, 0.717) is 6.54 Å². The molecule has 2 heterocycles. The van der Waals surface area contributed by atoms with Crippen molar-refractivity contribution in [3.63, 3.8) is 0 Å². The van der Waals surface area contributed by atoms with Crippen LogP contribution in [0.3, 0.4) is 0 Å². The minimum atomic E-state index is -0.440. The van der Waals surface area contributed by atoms with Crippen LogP contribution in [0.4, 0.5) is 0 Å². The third-order valence-corrected chi connectivity index (χ3v) is 3.14. The SMILES string of the molecule is CCc1cc(CN2CC(=O)NC(C)C2=O)n(C)n1. The number of piperazine rings is 1. The summed E-state index contributed by atoms with van der Waals surface area (Å²) in [6.07, 6.45) is 0.860. The zero-order valence-electron chi connectivity index (χ0n) is 10.9. The monoisotopic (exact) mass is 250 g/mol. The normalized spacial score (nSPS) is 20.2. The fourth-order valence-corrected chi connectivity index (χ4v) is 2.10. The van der Waals surface area contributed by atoms with Gasteiger partial charge in [-0.3, -0.25) is 14.3 Å². The van der Waals surface area contributed by atoms with Crippen LogP contribution in [-0.4, -0.2) is 39.1 Å². The number of nitrogens with zero attached hydrogens (tertiary/aromatic N) is 3. The Labute approximate surface area is 106 Å². The lowest BCUT2D eigenvalue weighted by Gasteiger charge is -2.30. The van der Waals surface area contributed by atoms with Crippen molar-refractivity contribution in [1.82, 2.24) is 20.0 Å². The third-order valence-electron chi connectivity index (χ3n) is 3.14. The van der Waals surface area contributed by atoms with E-state index < -0.39 is 6.04 Å². The number of aromatic nitrogens is 2. The van der Waals surface area contributed by atoms with Gasteiger partial charge in [0.25, 0.3) is 0 Å². The Kier molecular flexibility index (Phi) is 3.36. The smallest absolute Gasteiger partial charge is 0.245 e. The second-order valence-corrected chi connectivity index (χ2v) is 4.59. The highest BCUT2D eigenvalue weighted by Crippen LogP contribution is 2.10. The van der Waals surface area contributed by atoms with Gasteiger partial charge in [-0.25, -0.2) is 0 Å². The zero-order chi connectivity index (χ0) is 13.3. The number of amides is 2. The first kappa shape index (κ1) is 12.6. The molecule has 0 aliphatic carbocycles. The van der Waals surface area contributed by atoms with E-state index in [4.69, 9.17) is 0 Å². The van der Waals surface area contributed by atoms with Crippen LogP contribution < -0.4 is 5.32 Å². The first-order valence-electron chi connectivity index (χ1n) is 6.11. The number of hydrogen-bond acceptors (Lipinski definition) is 3. The van der Waals surface area contributed by atoms with Gasteiger partial charge in [0, 0.05) is 7.05 Å².